The fourth-order valence-corrected chi connectivity index (χ4v) is 6.17. The number of rotatable bonds is 19. The lowest BCUT2D eigenvalue weighted by molar-refractivity contribution is 0.213. The summed E-state index contributed by atoms with van der Waals surface area (Å²) in [6, 6.07) is 0. The van der Waals surface area contributed by atoms with E-state index in [1.54, 1.807) is 0 Å². The second-order valence-corrected chi connectivity index (χ2v) is 15.1. The van der Waals surface area contributed by atoms with E-state index in [9.17, 15) is 4.57 Å². The summed E-state index contributed by atoms with van der Waals surface area (Å²) in [7, 11) is 1.32. The van der Waals surface area contributed by atoms with E-state index < -0.39 is 8.03 Å². The first kappa shape index (κ1) is 36.6. The lowest BCUT2D eigenvalue weighted by Gasteiger charge is -2.22. The summed E-state index contributed by atoms with van der Waals surface area (Å²) in [4.78, 5) is 0. The summed E-state index contributed by atoms with van der Waals surface area (Å²) in [5.74, 6) is 0.929. The van der Waals surface area contributed by atoms with Crippen molar-refractivity contribution in [1.82, 2.24) is 0 Å². The van der Waals surface area contributed by atoms with Crippen molar-refractivity contribution in [3.8, 4) is 0 Å². The Morgan fingerprint density at radius 1 is 0.676 bits per heavy atom. The maximum atomic E-state index is 11.9. The smallest absolute Gasteiger partial charge is 0.146 e. The maximum absolute atomic E-state index is 11.9. The van der Waals surface area contributed by atoms with E-state index in [4.69, 9.17) is 4.52 Å². The quantitative estimate of drug-likeness (QED) is 0.125. The Morgan fingerprint density at radius 2 is 1.06 bits per heavy atom. The zero-order valence-electron chi connectivity index (χ0n) is 25.0. The van der Waals surface area contributed by atoms with Crippen molar-refractivity contribution < 1.29 is 9.09 Å². The SMILES string of the molecule is CC(CO[P+](=O)CC(C)CC(C)(C)C)CC(C)(C)C.CCCCCCCCCCCCCCP. The standard InChI is InChI=1S/C16H34O2P.C14H31P/c1-13(9-15(3,4)5)11-18-19(17)12-14(2)10-16(6,7)8;1-2-3-4-5-6-7-8-9-10-11-12-13-14-15/h13-14H,9-12H2,1-8H3;2-15H2,1H3/q+1;. The Morgan fingerprint density at radius 3 is 1.44 bits per heavy atom. The molecule has 0 aliphatic rings. The second kappa shape index (κ2) is 22.7. The van der Waals surface area contributed by atoms with E-state index in [1.165, 1.54) is 83.2 Å². The van der Waals surface area contributed by atoms with E-state index in [0.29, 0.717) is 35.4 Å². The first-order valence-corrected chi connectivity index (χ1v) is 16.8. The van der Waals surface area contributed by atoms with Crippen molar-refractivity contribution in [2.24, 2.45) is 22.7 Å². The molecule has 0 N–H and O–H groups in total. The van der Waals surface area contributed by atoms with E-state index >= 15 is 0 Å². The van der Waals surface area contributed by atoms with Gasteiger partial charge < -0.3 is 0 Å². The van der Waals surface area contributed by atoms with Gasteiger partial charge in [-0.15, -0.1) is 13.8 Å². The first-order valence-electron chi connectivity index (χ1n) is 14.6. The van der Waals surface area contributed by atoms with Crippen LogP contribution < -0.4 is 0 Å². The van der Waals surface area contributed by atoms with Crippen LogP contribution in [0.25, 0.3) is 0 Å². The molecule has 4 atom stereocenters. The number of unbranched alkanes of at least 4 members (excludes halogenated alkanes) is 11. The monoisotopic (exact) mass is 519 g/mol. The molecule has 0 spiro atoms. The predicted molar refractivity (Wildman–Crippen MR) is 161 cm³/mol. The molecule has 0 fully saturated rings. The van der Waals surface area contributed by atoms with E-state index in [2.05, 4.69) is 71.6 Å². The average molecular weight is 520 g/mol. The fraction of sp³-hybridized carbons (Fsp3) is 1.00. The van der Waals surface area contributed by atoms with Gasteiger partial charge in [0.1, 0.15) is 6.61 Å². The second-order valence-electron chi connectivity index (χ2n) is 13.2. The molecule has 4 heteroatoms. The van der Waals surface area contributed by atoms with Gasteiger partial charge in [0, 0.05) is 5.92 Å². The summed E-state index contributed by atoms with van der Waals surface area (Å²) in [5.41, 5.74) is 0.614. The van der Waals surface area contributed by atoms with E-state index in [-0.39, 0.29) is 0 Å². The Kier molecular flexibility index (Phi) is 24.4. The third-order valence-corrected chi connectivity index (χ3v) is 7.71. The molecule has 0 aliphatic heterocycles. The number of hydrogen-bond donors (Lipinski definition) is 0. The van der Waals surface area contributed by atoms with Crippen molar-refractivity contribution >= 4 is 17.3 Å². The molecular formula is C30H65O2P2+. The predicted octanol–water partition coefficient (Wildman–Crippen LogP) is 11.5. The highest BCUT2D eigenvalue weighted by Crippen LogP contribution is 2.33. The Balaban J connectivity index is 0. The highest BCUT2D eigenvalue weighted by molar-refractivity contribution is 7.39. The van der Waals surface area contributed by atoms with Crippen LogP contribution in [0.15, 0.2) is 0 Å². The minimum absolute atomic E-state index is 0.301. The van der Waals surface area contributed by atoms with Crippen molar-refractivity contribution in [1.29, 1.82) is 0 Å². The molecule has 0 saturated heterocycles. The number of hydrogen-bond acceptors (Lipinski definition) is 2. The van der Waals surface area contributed by atoms with E-state index in [1.807, 2.05) is 0 Å². The molecule has 0 saturated carbocycles. The molecular weight excluding hydrogens is 454 g/mol. The minimum Gasteiger partial charge on any atom is -0.146 e. The third-order valence-electron chi connectivity index (χ3n) is 5.94. The van der Waals surface area contributed by atoms with Crippen LogP contribution in [-0.4, -0.2) is 18.9 Å². The van der Waals surface area contributed by atoms with Crippen LogP contribution in [0.4, 0.5) is 0 Å². The van der Waals surface area contributed by atoms with Gasteiger partial charge >= 0.3 is 8.03 Å². The van der Waals surface area contributed by atoms with Crippen molar-refractivity contribution in [2.45, 2.75) is 152 Å². The van der Waals surface area contributed by atoms with Crippen LogP contribution in [0.5, 0.6) is 0 Å². The molecule has 34 heavy (non-hydrogen) atoms. The summed E-state index contributed by atoms with van der Waals surface area (Å²) >= 11 is 0. The zero-order chi connectivity index (χ0) is 26.5. The minimum atomic E-state index is -1.50. The molecule has 2 nitrogen and oxygen atoms in total. The van der Waals surface area contributed by atoms with Gasteiger partial charge in [-0.3, -0.25) is 0 Å². The zero-order valence-corrected chi connectivity index (χ0v) is 27.1. The molecule has 0 aliphatic carbocycles. The molecule has 0 radical (unpaired) electrons. The summed E-state index contributed by atoms with van der Waals surface area (Å²) in [6.45, 7) is 20.6. The van der Waals surface area contributed by atoms with Crippen molar-refractivity contribution in [2.75, 3.05) is 18.9 Å². The molecule has 0 aromatic rings. The van der Waals surface area contributed by atoms with Crippen molar-refractivity contribution in [3.63, 3.8) is 0 Å². The molecule has 0 aromatic carbocycles. The average Bonchev–Trinajstić information content (AvgIpc) is 2.68. The topological polar surface area (TPSA) is 26.3 Å². The van der Waals surface area contributed by atoms with Crippen LogP contribution in [0.3, 0.4) is 0 Å². The lowest BCUT2D eigenvalue weighted by atomic mass is 9.86. The van der Waals surface area contributed by atoms with Crippen LogP contribution in [0.2, 0.25) is 0 Å². The highest BCUT2D eigenvalue weighted by atomic mass is 31.1. The summed E-state index contributed by atoms with van der Waals surface area (Å²) < 4.78 is 17.5. The van der Waals surface area contributed by atoms with Crippen molar-refractivity contribution in [3.05, 3.63) is 0 Å². The highest BCUT2D eigenvalue weighted by Gasteiger charge is 2.27. The largest absolute Gasteiger partial charge is 0.508 e. The van der Waals surface area contributed by atoms with Gasteiger partial charge in [-0.2, -0.15) is 0 Å². The van der Waals surface area contributed by atoms with Gasteiger partial charge in [0.2, 0.25) is 0 Å². The Hall–Kier alpha value is 0.490. The van der Waals surface area contributed by atoms with Gasteiger partial charge in [-0.1, -0.05) is 133 Å². The molecule has 0 heterocycles. The first-order chi connectivity index (χ1) is 15.8. The normalized spacial score (nSPS) is 14.4. The maximum Gasteiger partial charge on any atom is 0.508 e. The van der Waals surface area contributed by atoms with Gasteiger partial charge in [0.15, 0.2) is 6.16 Å². The van der Waals surface area contributed by atoms with Crippen LogP contribution in [-0.2, 0) is 9.09 Å². The molecule has 0 bridgehead atoms. The molecule has 0 aromatic heterocycles. The van der Waals surface area contributed by atoms with Crippen LogP contribution in [0, 0.1) is 22.7 Å². The third kappa shape index (κ3) is 32.5. The summed E-state index contributed by atoms with van der Waals surface area (Å²) in [5, 5.41) is 0. The van der Waals surface area contributed by atoms with Gasteiger partial charge in [-0.25, -0.2) is 0 Å². The molecule has 0 rings (SSSR count). The lowest BCUT2D eigenvalue weighted by Crippen LogP contribution is -2.15. The molecule has 206 valence electrons. The van der Waals surface area contributed by atoms with Gasteiger partial charge in [0.25, 0.3) is 0 Å². The van der Waals surface area contributed by atoms with Crippen LogP contribution in [0.1, 0.15) is 152 Å². The van der Waals surface area contributed by atoms with E-state index in [0.717, 1.165) is 12.8 Å². The van der Waals surface area contributed by atoms with Gasteiger partial charge in [0.05, 0.1) is 0 Å². The molecule has 0 amide bonds. The Labute approximate surface area is 220 Å². The molecule has 4 unspecified atom stereocenters. The summed E-state index contributed by atoms with van der Waals surface area (Å²) in [6.07, 6.45) is 21.6. The van der Waals surface area contributed by atoms with Gasteiger partial charge in [-0.05, 0) is 46.7 Å². The van der Waals surface area contributed by atoms with Crippen LogP contribution >= 0.6 is 17.3 Å². The fourth-order valence-electron chi connectivity index (χ4n) is 4.72. The Bertz CT molecular complexity index is 440.